The number of anilines is 1. The molecule has 30 heavy (non-hydrogen) atoms. The average molecular weight is 410 g/mol. The van der Waals surface area contributed by atoms with Crippen LogP contribution in [0.1, 0.15) is 71.8 Å². The number of carbonyl (C=O) groups is 1. The molecule has 1 aromatic rings. The molecule has 0 saturated heterocycles. The molecule has 0 amide bonds. The van der Waals surface area contributed by atoms with Gasteiger partial charge in [0.05, 0.1) is 6.61 Å². The number of hydrogen-bond donors (Lipinski definition) is 1. The highest BCUT2D eigenvalue weighted by molar-refractivity contribution is 5.83. The van der Waals surface area contributed by atoms with Gasteiger partial charge < -0.3 is 10.1 Å². The first-order chi connectivity index (χ1) is 14.6. The van der Waals surface area contributed by atoms with Crippen molar-refractivity contribution >= 4 is 17.7 Å². The zero-order chi connectivity index (χ0) is 22.0. The van der Waals surface area contributed by atoms with Gasteiger partial charge in [0, 0.05) is 18.3 Å². The third kappa shape index (κ3) is 12.1. The number of para-hydroxylation sites is 1. The van der Waals surface area contributed by atoms with Crippen LogP contribution in [-0.4, -0.2) is 19.1 Å². The second kappa shape index (κ2) is 16.3. The van der Waals surface area contributed by atoms with Crippen molar-refractivity contribution in [2.24, 2.45) is 0 Å². The van der Waals surface area contributed by atoms with E-state index in [0.717, 1.165) is 17.7 Å². The normalized spacial score (nSPS) is 12.7. The van der Waals surface area contributed by atoms with Crippen LogP contribution in [0.3, 0.4) is 0 Å². The predicted molar refractivity (Wildman–Crippen MR) is 131 cm³/mol. The Morgan fingerprint density at radius 2 is 1.70 bits per heavy atom. The summed E-state index contributed by atoms with van der Waals surface area (Å²) in [6.45, 7) is 9.42. The summed E-state index contributed by atoms with van der Waals surface area (Å²) in [4.78, 5) is 11.4. The van der Waals surface area contributed by atoms with Crippen molar-refractivity contribution in [2.75, 3.05) is 18.5 Å². The van der Waals surface area contributed by atoms with Crippen molar-refractivity contribution < 1.29 is 9.53 Å². The summed E-state index contributed by atoms with van der Waals surface area (Å²) in [7, 11) is 0. The fourth-order valence-electron chi connectivity index (χ4n) is 2.98. The second-order valence-corrected chi connectivity index (χ2v) is 7.53. The van der Waals surface area contributed by atoms with Crippen LogP contribution in [0.5, 0.6) is 0 Å². The van der Waals surface area contributed by atoms with Crippen molar-refractivity contribution in [3.8, 4) is 0 Å². The van der Waals surface area contributed by atoms with Gasteiger partial charge in [0.25, 0.3) is 0 Å². The number of allylic oxidation sites excluding steroid dienone is 6. The summed E-state index contributed by atoms with van der Waals surface area (Å²) in [5.41, 5.74) is 4.38. The number of nitrogens with one attached hydrogen (secondary N) is 1. The highest BCUT2D eigenvalue weighted by atomic mass is 16.5. The minimum Gasteiger partial charge on any atom is -0.463 e. The van der Waals surface area contributed by atoms with Gasteiger partial charge >= 0.3 is 5.97 Å². The lowest BCUT2D eigenvalue weighted by molar-refractivity contribution is -0.137. The van der Waals surface area contributed by atoms with E-state index in [0.29, 0.717) is 6.61 Å². The number of rotatable bonds is 14. The Kier molecular flexibility index (Phi) is 13.8. The smallest absolute Gasteiger partial charge is 0.330 e. The molecule has 0 aliphatic heterocycles. The largest absolute Gasteiger partial charge is 0.463 e. The van der Waals surface area contributed by atoms with Crippen molar-refractivity contribution in [2.45, 2.75) is 66.2 Å². The molecule has 0 bridgehead atoms. The van der Waals surface area contributed by atoms with Crippen molar-refractivity contribution in [3.05, 3.63) is 71.4 Å². The third-order valence-corrected chi connectivity index (χ3v) is 4.68. The van der Waals surface area contributed by atoms with Gasteiger partial charge in [-0.1, -0.05) is 93.2 Å². The summed E-state index contributed by atoms with van der Waals surface area (Å²) >= 11 is 0. The van der Waals surface area contributed by atoms with Crippen LogP contribution in [0.4, 0.5) is 5.69 Å². The summed E-state index contributed by atoms with van der Waals surface area (Å²) in [6.07, 6.45) is 19.5. The molecule has 0 fully saturated rings. The molecule has 0 saturated carbocycles. The summed E-state index contributed by atoms with van der Waals surface area (Å²) in [5, 5.41) is 3.58. The molecule has 0 atom stereocenters. The van der Waals surface area contributed by atoms with Crippen LogP contribution in [-0.2, 0) is 9.53 Å². The highest BCUT2D eigenvalue weighted by Gasteiger charge is 1.98. The van der Waals surface area contributed by atoms with Crippen LogP contribution in [0, 0.1) is 0 Å². The fourth-order valence-corrected chi connectivity index (χ4v) is 2.98. The zero-order valence-electron chi connectivity index (χ0n) is 19.2. The standard InChI is InChI=1S/C27H39NO2/c1-5-7-8-9-10-13-21-28-26-18-12-11-17-25(26)20-19-23(3)15-14-16-24(4)22-27(29)30-6-2/h11-12,14-20,22,28H,5-10,13,21H2,1-4H3/b16-14+,20-19+,23-15+,24-22+. The Morgan fingerprint density at radius 3 is 2.47 bits per heavy atom. The summed E-state index contributed by atoms with van der Waals surface area (Å²) in [6, 6.07) is 8.41. The first-order valence-electron chi connectivity index (χ1n) is 11.3. The molecule has 164 valence electrons. The SMILES string of the molecule is CCCCCCCCNc1ccccc1/C=C/C(C)=C/C=C/C(C)=C/C(=O)OCC. The average Bonchev–Trinajstić information content (AvgIpc) is 2.72. The molecule has 1 aromatic carbocycles. The monoisotopic (exact) mass is 409 g/mol. The molecule has 0 aromatic heterocycles. The van der Waals surface area contributed by atoms with E-state index in [-0.39, 0.29) is 5.97 Å². The van der Waals surface area contributed by atoms with E-state index in [2.05, 4.69) is 55.6 Å². The Balaban J connectivity index is 2.56. The Hall–Kier alpha value is -2.55. The van der Waals surface area contributed by atoms with E-state index in [9.17, 15) is 4.79 Å². The van der Waals surface area contributed by atoms with Gasteiger partial charge in [-0.15, -0.1) is 0 Å². The van der Waals surface area contributed by atoms with E-state index in [1.165, 1.54) is 55.9 Å². The van der Waals surface area contributed by atoms with Crippen molar-refractivity contribution in [1.29, 1.82) is 0 Å². The maximum absolute atomic E-state index is 11.4. The minimum atomic E-state index is -0.301. The topological polar surface area (TPSA) is 38.3 Å². The van der Waals surface area contributed by atoms with Gasteiger partial charge in [0.1, 0.15) is 0 Å². The van der Waals surface area contributed by atoms with Gasteiger partial charge in [-0.05, 0) is 44.4 Å². The van der Waals surface area contributed by atoms with Crippen LogP contribution < -0.4 is 5.32 Å². The van der Waals surface area contributed by atoms with Crippen LogP contribution >= 0.6 is 0 Å². The number of hydrogen-bond acceptors (Lipinski definition) is 3. The van der Waals surface area contributed by atoms with Crippen molar-refractivity contribution in [1.82, 2.24) is 0 Å². The number of unbranched alkanes of at least 4 members (excludes halogenated alkanes) is 5. The van der Waals surface area contributed by atoms with Crippen LogP contribution in [0.25, 0.3) is 6.08 Å². The first-order valence-corrected chi connectivity index (χ1v) is 11.3. The van der Waals surface area contributed by atoms with Crippen molar-refractivity contribution in [3.63, 3.8) is 0 Å². The fraction of sp³-hybridized carbons (Fsp3) is 0.444. The molecule has 1 N–H and O–H groups in total. The lowest BCUT2D eigenvalue weighted by Gasteiger charge is -2.09. The quantitative estimate of drug-likeness (QED) is 0.150. The highest BCUT2D eigenvalue weighted by Crippen LogP contribution is 2.18. The van der Waals surface area contributed by atoms with Crippen LogP contribution in [0.2, 0.25) is 0 Å². The van der Waals surface area contributed by atoms with Gasteiger partial charge in [0.15, 0.2) is 0 Å². The Bertz CT molecular complexity index is 741. The third-order valence-electron chi connectivity index (χ3n) is 4.68. The maximum Gasteiger partial charge on any atom is 0.330 e. The summed E-state index contributed by atoms with van der Waals surface area (Å²) < 4.78 is 4.91. The van der Waals surface area contributed by atoms with Crippen LogP contribution in [0.15, 0.2) is 65.8 Å². The zero-order valence-corrected chi connectivity index (χ0v) is 19.2. The molecule has 0 aliphatic rings. The Morgan fingerprint density at radius 1 is 0.967 bits per heavy atom. The molecule has 1 rings (SSSR count). The second-order valence-electron chi connectivity index (χ2n) is 7.53. The first kappa shape index (κ1) is 25.5. The molecular formula is C27H39NO2. The van der Waals surface area contributed by atoms with Gasteiger partial charge in [-0.3, -0.25) is 0 Å². The lowest BCUT2D eigenvalue weighted by atomic mass is 10.1. The Labute approximate surface area is 183 Å². The number of carbonyl (C=O) groups excluding carboxylic acids is 1. The molecular weight excluding hydrogens is 370 g/mol. The molecule has 0 heterocycles. The molecule has 0 spiro atoms. The minimum absolute atomic E-state index is 0.301. The van der Waals surface area contributed by atoms with E-state index in [1.54, 1.807) is 6.92 Å². The van der Waals surface area contributed by atoms with E-state index in [4.69, 9.17) is 4.74 Å². The van der Waals surface area contributed by atoms with E-state index >= 15 is 0 Å². The number of esters is 1. The number of benzene rings is 1. The van der Waals surface area contributed by atoms with E-state index in [1.807, 2.05) is 25.2 Å². The molecule has 0 radical (unpaired) electrons. The molecule has 3 nitrogen and oxygen atoms in total. The molecule has 0 unspecified atom stereocenters. The van der Waals surface area contributed by atoms with Gasteiger partial charge in [-0.2, -0.15) is 0 Å². The number of ether oxygens (including phenoxy) is 1. The van der Waals surface area contributed by atoms with Gasteiger partial charge in [-0.25, -0.2) is 4.79 Å². The lowest BCUT2D eigenvalue weighted by Crippen LogP contribution is -2.02. The molecule has 0 aliphatic carbocycles. The molecule has 3 heteroatoms. The van der Waals surface area contributed by atoms with E-state index < -0.39 is 0 Å². The summed E-state index contributed by atoms with van der Waals surface area (Å²) in [5.74, 6) is -0.301. The maximum atomic E-state index is 11.4. The predicted octanol–water partition coefficient (Wildman–Crippen LogP) is 7.48. The van der Waals surface area contributed by atoms with Gasteiger partial charge in [0.2, 0.25) is 0 Å².